The van der Waals surface area contributed by atoms with E-state index in [1.165, 1.54) is 6.20 Å². The second-order valence-corrected chi connectivity index (χ2v) is 10.1. The molecule has 1 aliphatic carbocycles. The Labute approximate surface area is 181 Å². The van der Waals surface area contributed by atoms with Gasteiger partial charge in [-0.15, -0.1) is 0 Å². The van der Waals surface area contributed by atoms with Crippen molar-refractivity contribution in [3.05, 3.63) is 29.0 Å². The molecule has 1 atom stereocenters. The summed E-state index contributed by atoms with van der Waals surface area (Å²) in [6, 6.07) is 3.49. The summed E-state index contributed by atoms with van der Waals surface area (Å²) < 4.78 is 32.9. The summed E-state index contributed by atoms with van der Waals surface area (Å²) in [6.45, 7) is 6.13. The third-order valence-electron chi connectivity index (χ3n) is 6.16. The summed E-state index contributed by atoms with van der Waals surface area (Å²) in [6.07, 6.45) is 2.12. The topological polar surface area (TPSA) is 62.7 Å². The molecular weight excluding hydrogens is 414 g/mol. The molecule has 1 N–H and O–H groups in total. The highest BCUT2D eigenvalue weighted by molar-refractivity contribution is 6.30. The van der Waals surface area contributed by atoms with Crippen LogP contribution in [0.2, 0.25) is 5.02 Å². The molecule has 1 unspecified atom stereocenters. The zero-order valence-corrected chi connectivity index (χ0v) is 18.6. The highest BCUT2D eigenvalue weighted by atomic mass is 35.5. The van der Waals surface area contributed by atoms with Gasteiger partial charge in [-0.2, -0.15) is 0 Å². The third-order valence-corrected chi connectivity index (χ3v) is 6.39. The summed E-state index contributed by atoms with van der Waals surface area (Å²) in [5.74, 6) is -3.13. The molecule has 2 aliphatic rings. The molecule has 2 fully saturated rings. The zero-order chi connectivity index (χ0) is 22.2. The van der Waals surface area contributed by atoms with Crippen molar-refractivity contribution in [1.29, 1.82) is 0 Å². The molecule has 0 bridgehead atoms. The van der Waals surface area contributed by atoms with Crippen molar-refractivity contribution < 1.29 is 23.4 Å². The van der Waals surface area contributed by atoms with Crippen LogP contribution in [0.4, 0.5) is 13.6 Å². The molecule has 8 heteroatoms. The monoisotopic (exact) mass is 444 g/mol. The maximum Gasteiger partial charge on any atom is 0.410 e. The normalized spacial score (nSPS) is 23.1. The van der Waals surface area contributed by atoms with E-state index in [0.29, 0.717) is 49.5 Å². The van der Waals surface area contributed by atoms with Gasteiger partial charge in [0.1, 0.15) is 5.60 Å². The molecule has 1 saturated carbocycles. The first-order chi connectivity index (χ1) is 13.9. The van der Waals surface area contributed by atoms with E-state index in [1.807, 2.05) is 20.8 Å². The minimum Gasteiger partial charge on any atom is -0.444 e. The average Bonchev–Trinajstić information content (AvgIpc) is 2.64. The quantitative estimate of drug-likeness (QED) is 0.677. The van der Waals surface area contributed by atoms with Gasteiger partial charge in [-0.25, -0.2) is 13.6 Å². The summed E-state index contributed by atoms with van der Waals surface area (Å²) in [7, 11) is 0. The van der Waals surface area contributed by atoms with Crippen LogP contribution in [0.5, 0.6) is 0 Å². The van der Waals surface area contributed by atoms with Crippen molar-refractivity contribution in [3.63, 3.8) is 0 Å². The Morgan fingerprint density at radius 3 is 2.33 bits per heavy atom. The number of pyridine rings is 1. The van der Waals surface area contributed by atoms with Crippen LogP contribution in [0, 0.1) is 5.92 Å². The number of alkyl halides is 2. The van der Waals surface area contributed by atoms with Crippen molar-refractivity contribution in [2.75, 3.05) is 13.1 Å². The van der Waals surface area contributed by atoms with Crippen molar-refractivity contribution in [2.45, 2.75) is 82.3 Å². The number of piperidine rings is 1. The number of ether oxygens (including phenoxy) is 1. The van der Waals surface area contributed by atoms with Gasteiger partial charge in [-0.05, 0) is 64.5 Å². The molecule has 168 valence electrons. The second kappa shape index (κ2) is 8.58. The Hall–Kier alpha value is -1.47. The van der Waals surface area contributed by atoms with Crippen LogP contribution in [0.1, 0.15) is 70.9 Å². The van der Waals surface area contributed by atoms with Crippen LogP contribution < -0.4 is 0 Å². The van der Waals surface area contributed by atoms with Crippen LogP contribution in [0.25, 0.3) is 0 Å². The van der Waals surface area contributed by atoms with Gasteiger partial charge in [0.05, 0.1) is 10.6 Å². The molecule has 3 rings (SSSR count). The van der Waals surface area contributed by atoms with Crippen LogP contribution in [-0.2, 0) is 4.74 Å². The number of carbonyl (C=O) groups excluding carboxylic acids is 1. The number of aliphatic hydroxyl groups is 1. The largest absolute Gasteiger partial charge is 0.444 e. The summed E-state index contributed by atoms with van der Waals surface area (Å²) >= 11 is 5.98. The first-order valence-electron chi connectivity index (χ1n) is 10.6. The number of likely N-dealkylation sites (tertiary alicyclic amines) is 1. The van der Waals surface area contributed by atoms with Crippen LogP contribution in [0.15, 0.2) is 18.3 Å². The van der Waals surface area contributed by atoms with Gasteiger partial charge >= 0.3 is 6.09 Å². The van der Waals surface area contributed by atoms with Crippen LogP contribution in [-0.4, -0.2) is 51.3 Å². The third kappa shape index (κ3) is 5.61. The summed E-state index contributed by atoms with van der Waals surface area (Å²) in [5.41, 5.74) is -1.05. The molecule has 5 nitrogen and oxygen atoms in total. The number of halogens is 3. The van der Waals surface area contributed by atoms with Crippen LogP contribution >= 0.6 is 11.6 Å². The van der Waals surface area contributed by atoms with Crippen molar-refractivity contribution in [3.8, 4) is 0 Å². The van der Waals surface area contributed by atoms with Gasteiger partial charge in [0.15, 0.2) is 0 Å². The second-order valence-electron chi connectivity index (χ2n) is 9.64. The molecule has 2 heterocycles. The minimum absolute atomic E-state index is 0.101. The number of rotatable bonds is 3. The van der Waals surface area contributed by atoms with E-state index >= 15 is 0 Å². The lowest BCUT2D eigenvalue weighted by molar-refractivity contribution is -0.0886. The fourth-order valence-electron chi connectivity index (χ4n) is 4.64. The van der Waals surface area contributed by atoms with E-state index in [1.54, 1.807) is 17.0 Å². The van der Waals surface area contributed by atoms with Gasteiger partial charge in [0.25, 0.3) is 0 Å². The van der Waals surface area contributed by atoms with E-state index in [4.69, 9.17) is 16.3 Å². The average molecular weight is 445 g/mol. The number of hydrogen-bond acceptors (Lipinski definition) is 4. The number of hydrogen-bond donors (Lipinski definition) is 1. The highest BCUT2D eigenvalue weighted by Gasteiger charge is 2.48. The standard InChI is InChI=1S/C22H31ClF2N2O3/c1-20(2,3)30-19(28)27-12-10-21(29,11-13-27)18(17-5-4-16(23)14-26-17)15-6-8-22(24,25)9-7-15/h4-5,14-15,18,29H,6-13H2,1-3H3. The van der Waals surface area contributed by atoms with Gasteiger partial charge in [-0.1, -0.05) is 11.6 Å². The van der Waals surface area contributed by atoms with E-state index in [2.05, 4.69) is 4.98 Å². The molecule has 0 spiro atoms. The van der Waals surface area contributed by atoms with Crippen molar-refractivity contribution >= 4 is 17.7 Å². The Morgan fingerprint density at radius 2 is 1.83 bits per heavy atom. The van der Waals surface area contributed by atoms with E-state index in [9.17, 15) is 18.7 Å². The Bertz CT molecular complexity index is 734. The summed E-state index contributed by atoms with van der Waals surface area (Å²) in [5, 5.41) is 12.1. The maximum absolute atomic E-state index is 13.8. The lowest BCUT2D eigenvalue weighted by atomic mass is 9.66. The predicted molar refractivity (Wildman–Crippen MR) is 111 cm³/mol. The number of nitrogens with zero attached hydrogens (tertiary/aromatic N) is 2. The van der Waals surface area contributed by atoms with E-state index in [-0.39, 0.29) is 24.7 Å². The molecular formula is C22H31ClF2N2O3. The number of carbonyl (C=O) groups is 1. The lowest BCUT2D eigenvalue weighted by Gasteiger charge is -2.46. The van der Waals surface area contributed by atoms with E-state index < -0.39 is 23.2 Å². The Kier molecular flexibility index (Phi) is 6.63. The number of amides is 1. The van der Waals surface area contributed by atoms with Gasteiger partial charge in [-0.3, -0.25) is 4.98 Å². The van der Waals surface area contributed by atoms with Crippen molar-refractivity contribution in [1.82, 2.24) is 9.88 Å². The first-order valence-corrected chi connectivity index (χ1v) is 11.0. The van der Waals surface area contributed by atoms with Crippen LogP contribution in [0.3, 0.4) is 0 Å². The summed E-state index contributed by atoms with van der Waals surface area (Å²) in [4.78, 5) is 18.4. The van der Waals surface area contributed by atoms with Gasteiger partial charge < -0.3 is 14.7 Å². The highest BCUT2D eigenvalue weighted by Crippen LogP contribution is 2.48. The fourth-order valence-corrected chi connectivity index (χ4v) is 4.75. The van der Waals surface area contributed by atoms with Gasteiger partial charge in [0, 0.05) is 43.7 Å². The molecule has 1 aromatic heterocycles. The Balaban J connectivity index is 1.78. The number of aromatic nitrogens is 1. The molecule has 1 aliphatic heterocycles. The predicted octanol–water partition coefficient (Wildman–Crippen LogP) is 5.41. The molecule has 0 radical (unpaired) electrons. The van der Waals surface area contributed by atoms with Crippen molar-refractivity contribution in [2.24, 2.45) is 5.92 Å². The first kappa shape index (κ1) is 23.2. The SMILES string of the molecule is CC(C)(C)OC(=O)N1CCC(O)(C(c2ccc(Cl)cn2)C2CCC(F)(F)CC2)CC1. The lowest BCUT2D eigenvalue weighted by Crippen LogP contribution is -2.52. The van der Waals surface area contributed by atoms with E-state index in [0.717, 1.165) is 0 Å². The molecule has 1 aromatic rings. The molecule has 0 aromatic carbocycles. The molecule has 1 amide bonds. The minimum atomic E-state index is -2.64. The maximum atomic E-state index is 13.8. The smallest absolute Gasteiger partial charge is 0.410 e. The van der Waals surface area contributed by atoms with Gasteiger partial charge in [0.2, 0.25) is 5.92 Å². The molecule has 1 saturated heterocycles. The Morgan fingerprint density at radius 1 is 1.23 bits per heavy atom. The molecule has 30 heavy (non-hydrogen) atoms. The fraction of sp³-hybridized carbons (Fsp3) is 0.727. The zero-order valence-electron chi connectivity index (χ0n) is 17.8.